The molecule has 66 valence electrons. The fourth-order valence-electron chi connectivity index (χ4n) is 0.760. The van der Waals surface area contributed by atoms with Gasteiger partial charge in [-0.05, 0) is 0 Å². The molecule has 0 aliphatic heterocycles. The third-order valence-electron chi connectivity index (χ3n) is 1.25. The molecule has 0 unspecified atom stereocenters. The Hall–Kier alpha value is 0.554. The van der Waals surface area contributed by atoms with Crippen LogP contribution in [0.25, 0.3) is 0 Å². The van der Waals surface area contributed by atoms with Crippen molar-refractivity contribution in [3.05, 3.63) is 0 Å². The molecule has 0 aliphatic rings. The van der Waals surface area contributed by atoms with E-state index in [9.17, 15) is 0 Å². The van der Waals surface area contributed by atoms with Crippen molar-refractivity contribution in [2.24, 2.45) is 0 Å². The summed E-state index contributed by atoms with van der Waals surface area (Å²) in [5.41, 5.74) is 0. The minimum absolute atomic E-state index is 0. The Bertz CT molecular complexity index is 60.6. The smallest absolute Gasteiger partial charge is 0.0558 e. The molecule has 0 radical (unpaired) electrons. The molecule has 0 heterocycles. The molecular formula is C6H15NO3Ti. The molecule has 0 aromatic rings. The molecule has 0 aromatic heterocycles. The summed E-state index contributed by atoms with van der Waals surface area (Å²) >= 11 is 0. The Morgan fingerprint density at radius 3 is 1.18 bits per heavy atom. The van der Waals surface area contributed by atoms with Gasteiger partial charge >= 0.3 is 0 Å². The molecule has 5 heteroatoms. The molecular weight excluding hydrogens is 182 g/mol. The van der Waals surface area contributed by atoms with Crippen LogP contribution in [0.3, 0.4) is 0 Å². The molecule has 0 aromatic carbocycles. The summed E-state index contributed by atoms with van der Waals surface area (Å²) in [7, 11) is 0. The van der Waals surface area contributed by atoms with Crippen molar-refractivity contribution in [3.63, 3.8) is 0 Å². The summed E-state index contributed by atoms with van der Waals surface area (Å²) in [5, 5.41) is 25.5. The van der Waals surface area contributed by atoms with Crippen molar-refractivity contribution < 1.29 is 37.0 Å². The molecule has 0 spiro atoms. The SMILES string of the molecule is OCCN(CCO)CCO.[Ti]. The second-order valence-corrected chi connectivity index (χ2v) is 2.01. The second-order valence-electron chi connectivity index (χ2n) is 2.01. The van der Waals surface area contributed by atoms with Crippen LogP contribution < -0.4 is 0 Å². The van der Waals surface area contributed by atoms with Gasteiger partial charge in [-0.3, -0.25) is 4.90 Å². The summed E-state index contributed by atoms with van der Waals surface area (Å²) in [6, 6.07) is 0. The topological polar surface area (TPSA) is 63.9 Å². The molecule has 4 nitrogen and oxygen atoms in total. The van der Waals surface area contributed by atoms with Gasteiger partial charge in [0.25, 0.3) is 0 Å². The zero-order valence-corrected chi connectivity index (χ0v) is 8.09. The maximum atomic E-state index is 8.48. The quantitative estimate of drug-likeness (QED) is 0.442. The number of hydrogen-bond acceptors (Lipinski definition) is 4. The molecule has 0 fully saturated rings. The van der Waals surface area contributed by atoms with E-state index in [1.807, 2.05) is 0 Å². The van der Waals surface area contributed by atoms with Gasteiger partial charge in [0, 0.05) is 41.4 Å². The Morgan fingerprint density at radius 2 is 1.00 bits per heavy atom. The van der Waals surface area contributed by atoms with Gasteiger partial charge in [0.1, 0.15) is 0 Å². The van der Waals surface area contributed by atoms with Gasteiger partial charge < -0.3 is 15.3 Å². The maximum Gasteiger partial charge on any atom is 0.0558 e. The molecule has 0 rings (SSSR count). The third-order valence-corrected chi connectivity index (χ3v) is 1.25. The van der Waals surface area contributed by atoms with Crippen molar-refractivity contribution in [2.75, 3.05) is 39.5 Å². The minimum Gasteiger partial charge on any atom is -0.395 e. The molecule has 0 atom stereocenters. The summed E-state index contributed by atoms with van der Waals surface area (Å²) in [5.74, 6) is 0. The van der Waals surface area contributed by atoms with Crippen molar-refractivity contribution in [2.45, 2.75) is 0 Å². The number of aliphatic hydroxyl groups excluding tert-OH is 3. The van der Waals surface area contributed by atoms with E-state index in [1.165, 1.54) is 0 Å². The fourth-order valence-corrected chi connectivity index (χ4v) is 0.760. The van der Waals surface area contributed by atoms with E-state index in [4.69, 9.17) is 15.3 Å². The molecule has 0 aliphatic carbocycles. The number of rotatable bonds is 6. The van der Waals surface area contributed by atoms with Crippen LogP contribution in [-0.4, -0.2) is 59.7 Å². The van der Waals surface area contributed by atoms with E-state index >= 15 is 0 Å². The maximum absolute atomic E-state index is 8.48. The molecule has 3 N–H and O–H groups in total. The van der Waals surface area contributed by atoms with Gasteiger partial charge in [0.05, 0.1) is 19.8 Å². The standard InChI is InChI=1S/C6H15NO3.Ti/c8-4-1-7(2-5-9)3-6-10;/h8-10H,1-6H2;. The van der Waals surface area contributed by atoms with Crippen LogP contribution in [0.15, 0.2) is 0 Å². The largest absolute Gasteiger partial charge is 0.395 e. The Balaban J connectivity index is 0. The van der Waals surface area contributed by atoms with Crippen molar-refractivity contribution in [1.82, 2.24) is 4.90 Å². The zero-order chi connectivity index (χ0) is 7.82. The Labute approximate surface area is 81.7 Å². The predicted molar refractivity (Wildman–Crippen MR) is 37.7 cm³/mol. The van der Waals surface area contributed by atoms with Gasteiger partial charge in [-0.25, -0.2) is 0 Å². The van der Waals surface area contributed by atoms with E-state index < -0.39 is 0 Å². The predicted octanol–water partition coefficient (Wildman–Crippen LogP) is -1.74. The Kier molecular flexibility index (Phi) is 13.5. The average molecular weight is 197 g/mol. The van der Waals surface area contributed by atoms with E-state index in [0.29, 0.717) is 19.6 Å². The van der Waals surface area contributed by atoms with Crippen molar-refractivity contribution in [3.8, 4) is 0 Å². The molecule has 0 amide bonds. The van der Waals surface area contributed by atoms with Crippen molar-refractivity contribution in [1.29, 1.82) is 0 Å². The minimum atomic E-state index is 0. The summed E-state index contributed by atoms with van der Waals surface area (Å²) in [6.45, 7) is 1.75. The van der Waals surface area contributed by atoms with Crippen LogP contribution in [0.1, 0.15) is 0 Å². The van der Waals surface area contributed by atoms with E-state index in [2.05, 4.69) is 0 Å². The molecule has 0 saturated carbocycles. The third kappa shape index (κ3) is 8.46. The van der Waals surface area contributed by atoms with Gasteiger partial charge in [-0.2, -0.15) is 0 Å². The number of aliphatic hydroxyl groups is 3. The van der Waals surface area contributed by atoms with E-state index in [1.54, 1.807) is 4.90 Å². The first-order chi connectivity index (χ1) is 4.85. The summed E-state index contributed by atoms with van der Waals surface area (Å²) in [6.07, 6.45) is 0. The fraction of sp³-hybridized carbons (Fsp3) is 1.00. The van der Waals surface area contributed by atoms with Crippen LogP contribution in [0.2, 0.25) is 0 Å². The Morgan fingerprint density at radius 1 is 0.727 bits per heavy atom. The molecule has 0 bridgehead atoms. The van der Waals surface area contributed by atoms with Crippen LogP contribution in [0, 0.1) is 0 Å². The van der Waals surface area contributed by atoms with Crippen LogP contribution in [-0.2, 0) is 21.7 Å². The second kappa shape index (κ2) is 10.6. The molecule has 11 heavy (non-hydrogen) atoms. The molecule has 0 saturated heterocycles. The van der Waals surface area contributed by atoms with Crippen LogP contribution >= 0.6 is 0 Å². The van der Waals surface area contributed by atoms with Gasteiger partial charge in [-0.1, -0.05) is 0 Å². The monoisotopic (exact) mass is 197 g/mol. The first-order valence-corrected chi connectivity index (χ1v) is 3.40. The van der Waals surface area contributed by atoms with Crippen LogP contribution in [0.4, 0.5) is 0 Å². The zero-order valence-electron chi connectivity index (χ0n) is 6.53. The first-order valence-electron chi connectivity index (χ1n) is 3.40. The number of nitrogens with zero attached hydrogens (tertiary/aromatic N) is 1. The van der Waals surface area contributed by atoms with E-state index in [0.717, 1.165) is 0 Å². The average Bonchev–Trinajstić information content (AvgIpc) is 1.90. The first kappa shape index (κ1) is 14.1. The summed E-state index contributed by atoms with van der Waals surface area (Å²) in [4.78, 5) is 1.79. The van der Waals surface area contributed by atoms with Gasteiger partial charge in [0.15, 0.2) is 0 Å². The van der Waals surface area contributed by atoms with Crippen LogP contribution in [0.5, 0.6) is 0 Å². The summed E-state index contributed by atoms with van der Waals surface area (Å²) < 4.78 is 0. The van der Waals surface area contributed by atoms with E-state index in [-0.39, 0.29) is 41.5 Å². The normalized spacial score (nSPS) is 9.82. The number of hydrogen-bond donors (Lipinski definition) is 3. The van der Waals surface area contributed by atoms with Gasteiger partial charge in [0.2, 0.25) is 0 Å². The van der Waals surface area contributed by atoms with Crippen molar-refractivity contribution >= 4 is 0 Å². The van der Waals surface area contributed by atoms with Gasteiger partial charge in [-0.15, -0.1) is 0 Å².